The number of nitrogens with one attached hydrogen (secondary N) is 1. The molecule has 0 saturated heterocycles. The molecule has 0 aromatic carbocycles. The summed E-state index contributed by atoms with van der Waals surface area (Å²) in [6.45, 7) is 4.25. The first-order valence-electron chi connectivity index (χ1n) is 4.43. The number of ether oxygens (including phenoxy) is 1. The molecule has 0 aromatic rings. The number of terminal acetylenes is 1. The summed E-state index contributed by atoms with van der Waals surface area (Å²) in [5.74, 6) is 2.21. The summed E-state index contributed by atoms with van der Waals surface area (Å²) in [4.78, 5) is 11.4. The fourth-order valence-electron chi connectivity index (χ4n) is 1.28. The maximum atomic E-state index is 11.4. The van der Waals surface area contributed by atoms with Crippen molar-refractivity contribution >= 4 is 5.97 Å². The molecule has 0 amide bonds. The van der Waals surface area contributed by atoms with Crippen molar-refractivity contribution < 1.29 is 9.53 Å². The van der Waals surface area contributed by atoms with Crippen molar-refractivity contribution in [2.75, 3.05) is 13.7 Å². The van der Waals surface area contributed by atoms with Gasteiger partial charge in [-0.25, -0.2) is 0 Å². The fourth-order valence-corrected chi connectivity index (χ4v) is 1.28. The molecule has 0 aromatic heterocycles. The molecular weight excluding hydrogens is 166 g/mol. The van der Waals surface area contributed by atoms with Gasteiger partial charge in [0.25, 0.3) is 0 Å². The predicted molar refractivity (Wildman–Crippen MR) is 52.2 cm³/mol. The number of carbonyl (C=O) groups excluding carboxylic acids is 1. The summed E-state index contributed by atoms with van der Waals surface area (Å²) < 4.78 is 4.72. The lowest BCUT2D eigenvalue weighted by molar-refractivity contribution is -0.148. The number of rotatable bonds is 5. The van der Waals surface area contributed by atoms with Gasteiger partial charge in [-0.3, -0.25) is 10.1 Å². The maximum absolute atomic E-state index is 11.4. The molecule has 0 unspecified atom stereocenters. The molecule has 74 valence electrons. The molecule has 0 rings (SSSR count). The Morgan fingerprint density at radius 3 is 2.38 bits per heavy atom. The molecule has 0 bridgehead atoms. The Balaban J connectivity index is 4.50. The van der Waals surface area contributed by atoms with E-state index < -0.39 is 5.54 Å². The van der Waals surface area contributed by atoms with Gasteiger partial charge in [-0.2, -0.15) is 0 Å². The predicted octanol–water partition coefficient (Wildman–Crippen LogP) is 0.941. The topological polar surface area (TPSA) is 38.3 Å². The Labute approximate surface area is 79.8 Å². The van der Waals surface area contributed by atoms with Gasteiger partial charge in [-0.15, -0.1) is 6.42 Å². The van der Waals surface area contributed by atoms with Crippen LogP contribution in [0, 0.1) is 12.3 Å². The van der Waals surface area contributed by atoms with Crippen molar-refractivity contribution in [1.82, 2.24) is 5.32 Å². The molecule has 0 heterocycles. The number of hydrogen-bond donors (Lipinski definition) is 1. The van der Waals surface area contributed by atoms with Crippen LogP contribution in [-0.2, 0) is 9.53 Å². The lowest BCUT2D eigenvalue weighted by Crippen LogP contribution is -2.51. The molecule has 0 aliphatic rings. The largest absolute Gasteiger partial charge is 0.468 e. The van der Waals surface area contributed by atoms with Crippen LogP contribution < -0.4 is 5.32 Å². The molecular formula is C10H17NO2. The molecule has 0 saturated carbocycles. The van der Waals surface area contributed by atoms with Crippen LogP contribution >= 0.6 is 0 Å². The third kappa shape index (κ3) is 2.74. The minimum atomic E-state index is -0.610. The highest BCUT2D eigenvalue weighted by atomic mass is 16.5. The van der Waals surface area contributed by atoms with Crippen LogP contribution in [0.2, 0.25) is 0 Å². The van der Waals surface area contributed by atoms with Gasteiger partial charge in [0.1, 0.15) is 5.54 Å². The molecule has 0 spiro atoms. The second-order valence-corrected chi connectivity index (χ2v) is 2.84. The van der Waals surface area contributed by atoms with E-state index in [0.717, 1.165) is 0 Å². The lowest BCUT2D eigenvalue weighted by atomic mass is 9.93. The van der Waals surface area contributed by atoms with Crippen LogP contribution in [0.3, 0.4) is 0 Å². The zero-order chi connectivity index (χ0) is 10.3. The van der Waals surface area contributed by atoms with Gasteiger partial charge >= 0.3 is 5.97 Å². The number of methoxy groups -OCH3 is 1. The van der Waals surface area contributed by atoms with E-state index in [9.17, 15) is 4.79 Å². The Morgan fingerprint density at radius 2 is 2.08 bits per heavy atom. The van der Waals surface area contributed by atoms with Crippen molar-refractivity contribution in [3.63, 3.8) is 0 Å². The van der Waals surface area contributed by atoms with Gasteiger partial charge in [0.15, 0.2) is 0 Å². The smallest absolute Gasteiger partial charge is 0.326 e. The minimum Gasteiger partial charge on any atom is -0.468 e. The van der Waals surface area contributed by atoms with E-state index in [2.05, 4.69) is 11.2 Å². The van der Waals surface area contributed by atoms with E-state index >= 15 is 0 Å². The average Bonchev–Trinajstić information content (AvgIpc) is 2.19. The summed E-state index contributed by atoms with van der Waals surface area (Å²) >= 11 is 0. The summed E-state index contributed by atoms with van der Waals surface area (Å²) in [6, 6.07) is 0. The maximum Gasteiger partial charge on any atom is 0.326 e. The standard InChI is InChI=1S/C10H17NO2/c1-5-8-11-10(6-2,7-3)9(12)13-4/h1,11H,6-8H2,2-4H3. The van der Waals surface area contributed by atoms with E-state index in [1.807, 2.05) is 13.8 Å². The monoisotopic (exact) mass is 183 g/mol. The van der Waals surface area contributed by atoms with E-state index in [0.29, 0.717) is 19.4 Å². The second-order valence-electron chi connectivity index (χ2n) is 2.84. The quantitative estimate of drug-likeness (QED) is 0.509. The normalized spacial score (nSPS) is 10.6. The fraction of sp³-hybridized carbons (Fsp3) is 0.700. The van der Waals surface area contributed by atoms with E-state index in [4.69, 9.17) is 11.2 Å². The molecule has 0 radical (unpaired) electrons. The summed E-state index contributed by atoms with van der Waals surface area (Å²) in [5.41, 5.74) is -0.610. The molecule has 0 aliphatic heterocycles. The number of carbonyl (C=O) groups is 1. The summed E-state index contributed by atoms with van der Waals surface area (Å²) in [7, 11) is 1.39. The molecule has 13 heavy (non-hydrogen) atoms. The number of esters is 1. The first-order valence-corrected chi connectivity index (χ1v) is 4.43. The van der Waals surface area contributed by atoms with E-state index in [1.165, 1.54) is 7.11 Å². The summed E-state index contributed by atoms with van der Waals surface area (Å²) in [6.07, 6.45) is 6.48. The van der Waals surface area contributed by atoms with E-state index in [-0.39, 0.29) is 5.97 Å². The minimum absolute atomic E-state index is 0.243. The first kappa shape index (κ1) is 12.0. The van der Waals surface area contributed by atoms with Gasteiger partial charge in [-0.05, 0) is 12.8 Å². The van der Waals surface area contributed by atoms with Crippen molar-refractivity contribution in [3.8, 4) is 12.3 Å². The van der Waals surface area contributed by atoms with Gasteiger partial charge in [0, 0.05) is 0 Å². The SMILES string of the molecule is C#CCNC(CC)(CC)C(=O)OC. The van der Waals surface area contributed by atoms with Crippen LogP contribution in [-0.4, -0.2) is 25.2 Å². The Morgan fingerprint density at radius 1 is 1.54 bits per heavy atom. The number of hydrogen-bond acceptors (Lipinski definition) is 3. The van der Waals surface area contributed by atoms with Crippen molar-refractivity contribution in [3.05, 3.63) is 0 Å². The third-order valence-electron chi connectivity index (χ3n) is 2.31. The van der Waals surface area contributed by atoms with Crippen molar-refractivity contribution in [1.29, 1.82) is 0 Å². The highest BCUT2D eigenvalue weighted by molar-refractivity contribution is 5.80. The van der Waals surface area contributed by atoms with Crippen LogP contribution in [0.4, 0.5) is 0 Å². The molecule has 0 fully saturated rings. The molecule has 0 aliphatic carbocycles. The zero-order valence-corrected chi connectivity index (χ0v) is 8.52. The summed E-state index contributed by atoms with van der Waals surface area (Å²) in [5, 5.41) is 3.02. The van der Waals surface area contributed by atoms with E-state index in [1.54, 1.807) is 0 Å². The first-order chi connectivity index (χ1) is 6.16. The van der Waals surface area contributed by atoms with Crippen LogP contribution in [0.25, 0.3) is 0 Å². The molecule has 0 atom stereocenters. The van der Waals surface area contributed by atoms with Crippen LogP contribution in [0.15, 0.2) is 0 Å². The van der Waals surface area contributed by atoms with Crippen LogP contribution in [0.5, 0.6) is 0 Å². The van der Waals surface area contributed by atoms with Gasteiger partial charge in [0.05, 0.1) is 13.7 Å². The highest BCUT2D eigenvalue weighted by Gasteiger charge is 2.34. The molecule has 1 N–H and O–H groups in total. The Hall–Kier alpha value is -1.01. The van der Waals surface area contributed by atoms with Crippen molar-refractivity contribution in [2.45, 2.75) is 32.2 Å². The second kappa shape index (κ2) is 5.60. The Kier molecular flexibility index (Phi) is 5.17. The van der Waals surface area contributed by atoms with Gasteiger partial charge in [0.2, 0.25) is 0 Å². The lowest BCUT2D eigenvalue weighted by Gasteiger charge is -2.28. The highest BCUT2D eigenvalue weighted by Crippen LogP contribution is 2.16. The average molecular weight is 183 g/mol. The van der Waals surface area contributed by atoms with Crippen molar-refractivity contribution in [2.24, 2.45) is 0 Å². The van der Waals surface area contributed by atoms with Crippen LogP contribution in [0.1, 0.15) is 26.7 Å². The molecule has 3 heteroatoms. The van der Waals surface area contributed by atoms with Gasteiger partial charge in [-0.1, -0.05) is 19.8 Å². The Bertz CT molecular complexity index is 201. The third-order valence-corrected chi connectivity index (χ3v) is 2.31. The van der Waals surface area contributed by atoms with Gasteiger partial charge < -0.3 is 4.74 Å². The zero-order valence-electron chi connectivity index (χ0n) is 8.52. The molecule has 3 nitrogen and oxygen atoms in total.